The highest BCUT2D eigenvalue weighted by atomic mass is 35.5. The highest BCUT2D eigenvalue weighted by molar-refractivity contribution is 6.33. The van der Waals surface area contributed by atoms with Crippen LogP contribution in [0.1, 0.15) is 20.8 Å². The van der Waals surface area contributed by atoms with Crippen molar-refractivity contribution in [3.8, 4) is 0 Å². The van der Waals surface area contributed by atoms with Crippen LogP contribution in [0.15, 0.2) is 6.07 Å². The highest BCUT2D eigenvalue weighted by Crippen LogP contribution is 2.33. The largest absolute Gasteiger partial charge is 0.444 e. The second kappa shape index (κ2) is 6.71. The number of carbonyl (C=O) groups is 1. The van der Waals surface area contributed by atoms with Crippen molar-refractivity contribution in [3.05, 3.63) is 16.9 Å². The van der Waals surface area contributed by atoms with Gasteiger partial charge in [0, 0.05) is 13.1 Å². The van der Waals surface area contributed by atoms with Crippen molar-refractivity contribution in [2.24, 2.45) is 0 Å². The summed E-state index contributed by atoms with van der Waals surface area (Å²) < 4.78 is 18.9. The Bertz CT molecular complexity index is 532. The normalized spacial score (nSPS) is 11.1. The van der Waals surface area contributed by atoms with E-state index in [0.29, 0.717) is 0 Å². The van der Waals surface area contributed by atoms with Gasteiger partial charge in [-0.15, -0.1) is 0 Å². The van der Waals surface area contributed by atoms with Gasteiger partial charge in [-0.1, -0.05) is 11.6 Å². The Balaban J connectivity index is 2.51. The summed E-state index contributed by atoms with van der Waals surface area (Å²) in [6, 6.07) is 1.37. The Labute approximate surface area is 128 Å². The van der Waals surface area contributed by atoms with E-state index in [9.17, 15) is 9.18 Å². The van der Waals surface area contributed by atoms with E-state index in [0.717, 1.165) is 0 Å². The maximum atomic E-state index is 13.9. The molecule has 6 N–H and O–H groups in total. The zero-order valence-corrected chi connectivity index (χ0v) is 13.0. The summed E-state index contributed by atoms with van der Waals surface area (Å²) in [5.74, 6) is -0.716. The van der Waals surface area contributed by atoms with Crippen LogP contribution in [0.25, 0.3) is 0 Å². The monoisotopic (exact) mass is 318 g/mol. The molecule has 0 aliphatic carbocycles. The summed E-state index contributed by atoms with van der Waals surface area (Å²) in [6.07, 6.45) is -0.548. The van der Waals surface area contributed by atoms with Crippen LogP contribution in [0.3, 0.4) is 0 Å². The number of alkyl carbamates (subject to hydrolysis) is 1. The number of anilines is 3. The Morgan fingerprint density at radius 3 is 2.52 bits per heavy atom. The van der Waals surface area contributed by atoms with Gasteiger partial charge < -0.3 is 26.8 Å². The molecule has 1 amide bonds. The minimum Gasteiger partial charge on any atom is -0.444 e. The fraction of sp³-hybridized carbons (Fsp3) is 0.462. The van der Waals surface area contributed by atoms with E-state index >= 15 is 0 Å². The number of rotatable bonds is 4. The number of nitrogen functional groups attached to an aromatic ring is 2. The molecule has 1 aromatic rings. The molecule has 6 nitrogen and oxygen atoms in total. The van der Waals surface area contributed by atoms with E-state index in [2.05, 4.69) is 10.6 Å². The van der Waals surface area contributed by atoms with Crippen molar-refractivity contribution in [1.29, 1.82) is 0 Å². The number of benzene rings is 1. The molecule has 0 fully saturated rings. The molecule has 0 heterocycles. The molecule has 0 aliphatic heterocycles. The first kappa shape index (κ1) is 17.2. The minimum atomic E-state index is -0.716. The van der Waals surface area contributed by atoms with Crippen LogP contribution in [0.2, 0.25) is 5.02 Å². The van der Waals surface area contributed by atoms with Crippen molar-refractivity contribution >= 4 is 34.8 Å². The Morgan fingerprint density at radius 2 is 1.95 bits per heavy atom. The standard InChI is InChI=1S/C13H20ClFN4O2/c1-13(2,3)21-12(20)19-5-4-18-11-8(17)6-7(16)9(14)10(11)15/h6,18H,4-5,16-17H2,1-3H3,(H,19,20). The van der Waals surface area contributed by atoms with Crippen LogP contribution in [-0.2, 0) is 4.74 Å². The fourth-order valence-corrected chi connectivity index (χ4v) is 1.66. The van der Waals surface area contributed by atoms with Crippen LogP contribution in [0.5, 0.6) is 0 Å². The molecule has 0 bridgehead atoms. The van der Waals surface area contributed by atoms with Crippen LogP contribution in [-0.4, -0.2) is 24.8 Å². The average Bonchev–Trinajstić information content (AvgIpc) is 2.33. The van der Waals surface area contributed by atoms with Crippen molar-refractivity contribution in [1.82, 2.24) is 5.32 Å². The third kappa shape index (κ3) is 5.18. The molecule has 0 saturated heterocycles. The molecule has 0 aliphatic rings. The SMILES string of the molecule is CC(C)(C)OC(=O)NCCNc1c(N)cc(N)c(Cl)c1F. The molecule has 8 heteroatoms. The number of halogens is 2. The van der Waals surface area contributed by atoms with Gasteiger partial charge in [-0.3, -0.25) is 0 Å². The Morgan fingerprint density at radius 1 is 1.33 bits per heavy atom. The average molecular weight is 319 g/mol. The summed E-state index contributed by atoms with van der Waals surface area (Å²) >= 11 is 5.71. The molecule has 0 atom stereocenters. The van der Waals surface area contributed by atoms with Gasteiger partial charge in [0.05, 0.1) is 17.1 Å². The third-order valence-corrected chi connectivity index (χ3v) is 2.74. The third-order valence-electron chi connectivity index (χ3n) is 2.36. The van der Waals surface area contributed by atoms with Crippen molar-refractivity contribution in [2.75, 3.05) is 29.9 Å². The molecule has 0 unspecified atom stereocenters. The molecule has 1 aromatic carbocycles. The van der Waals surface area contributed by atoms with Crippen molar-refractivity contribution in [3.63, 3.8) is 0 Å². The predicted molar refractivity (Wildman–Crippen MR) is 83.0 cm³/mol. The summed E-state index contributed by atoms with van der Waals surface area (Å²) in [5.41, 5.74) is 10.9. The lowest BCUT2D eigenvalue weighted by Gasteiger charge is -2.20. The van der Waals surface area contributed by atoms with E-state index in [1.807, 2.05) is 0 Å². The quantitative estimate of drug-likeness (QED) is 0.505. The lowest BCUT2D eigenvalue weighted by Crippen LogP contribution is -2.35. The number of ether oxygens (including phenoxy) is 1. The van der Waals surface area contributed by atoms with Crippen molar-refractivity contribution < 1.29 is 13.9 Å². The van der Waals surface area contributed by atoms with E-state index in [-0.39, 0.29) is 35.2 Å². The van der Waals surface area contributed by atoms with Gasteiger partial charge in [0.25, 0.3) is 0 Å². The Hall–Kier alpha value is -1.89. The molecule has 0 radical (unpaired) electrons. The molecule has 21 heavy (non-hydrogen) atoms. The van der Waals surface area contributed by atoms with Gasteiger partial charge in [-0.2, -0.15) is 0 Å². The van der Waals surface area contributed by atoms with Gasteiger partial charge in [0.15, 0.2) is 5.82 Å². The number of hydrogen-bond donors (Lipinski definition) is 4. The second-order valence-corrected chi connectivity index (χ2v) is 5.79. The van der Waals surface area contributed by atoms with Gasteiger partial charge in [-0.25, -0.2) is 9.18 Å². The van der Waals surface area contributed by atoms with Gasteiger partial charge in [0.2, 0.25) is 0 Å². The van der Waals surface area contributed by atoms with Crippen LogP contribution in [0.4, 0.5) is 26.2 Å². The summed E-state index contributed by atoms with van der Waals surface area (Å²) in [7, 11) is 0. The maximum absolute atomic E-state index is 13.9. The highest BCUT2D eigenvalue weighted by Gasteiger charge is 2.16. The summed E-state index contributed by atoms with van der Waals surface area (Å²) in [6.45, 7) is 5.77. The van der Waals surface area contributed by atoms with Gasteiger partial charge >= 0.3 is 6.09 Å². The molecular weight excluding hydrogens is 299 g/mol. The van der Waals surface area contributed by atoms with E-state index in [1.54, 1.807) is 20.8 Å². The van der Waals surface area contributed by atoms with Crippen LogP contribution < -0.4 is 22.1 Å². The molecule has 1 rings (SSSR count). The van der Waals surface area contributed by atoms with Crippen molar-refractivity contribution in [2.45, 2.75) is 26.4 Å². The zero-order chi connectivity index (χ0) is 16.2. The number of carbonyl (C=O) groups excluding carboxylic acids is 1. The number of nitrogens with two attached hydrogens (primary N) is 2. The fourth-order valence-electron chi connectivity index (χ4n) is 1.51. The summed E-state index contributed by atoms with van der Waals surface area (Å²) in [5, 5.41) is 5.10. The van der Waals surface area contributed by atoms with E-state index in [4.69, 9.17) is 27.8 Å². The lowest BCUT2D eigenvalue weighted by atomic mass is 10.2. The van der Waals surface area contributed by atoms with E-state index in [1.165, 1.54) is 6.07 Å². The number of nitrogens with one attached hydrogen (secondary N) is 2. The Kier molecular flexibility index (Phi) is 5.48. The molecule has 118 valence electrons. The number of hydrogen-bond acceptors (Lipinski definition) is 5. The van der Waals surface area contributed by atoms with E-state index < -0.39 is 17.5 Å². The minimum absolute atomic E-state index is 0.0557. The van der Waals surface area contributed by atoms with Gasteiger partial charge in [0.1, 0.15) is 10.6 Å². The smallest absolute Gasteiger partial charge is 0.407 e. The van der Waals surface area contributed by atoms with Gasteiger partial charge in [-0.05, 0) is 26.8 Å². The maximum Gasteiger partial charge on any atom is 0.407 e. The first-order valence-electron chi connectivity index (χ1n) is 6.35. The molecule has 0 spiro atoms. The predicted octanol–water partition coefficient (Wildman–Crippen LogP) is 2.58. The molecule has 0 aromatic heterocycles. The molecule has 0 saturated carbocycles. The second-order valence-electron chi connectivity index (χ2n) is 5.41. The first-order chi connectivity index (χ1) is 9.61. The zero-order valence-electron chi connectivity index (χ0n) is 12.2. The summed E-state index contributed by atoms with van der Waals surface area (Å²) in [4.78, 5) is 11.4. The number of amides is 1. The van der Waals surface area contributed by atoms with Crippen LogP contribution in [0, 0.1) is 5.82 Å². The molecular formula is C13H20ClFN4O2. The first-order valence-corrected chi connectivity index (χ1v) is 6.73. The topological polar surface area (TPSA) is 102 Å². The van der Waals surface area contributed by atoms with Crippen LogP contribution >= 0.6 is 11.6 Å². The lowest BCUT2D eigenvalue weighted by molar-refractivity contribution is 0.0530.